The maximum atomic E-state index is 10.6. The van der Waals surface area contributed by atoms with Gasteiger partial charge < -0.3 is 0 Å². The van der Waals surface area contributed by atoms with Crippen LogP contribution in [0.3, 0.4) is 0 Å². The van der Waals surface area contributed by atoms with Gasteiger partial charge in [-0.3, -0.25) is 4.79 Å². The van der Waals surface area contributed by atoms with E-state index in [1.165, 1.54) is 103 Å². The number of rotatable bonds is 20. The summed E-state index contributed by atoms with van der Waals surface area (Å²) in [5, 5.41) is -0.186. The number of allylic oxidation sites excluding steroid dienone is 2. The molecule has 0 aromatic heterocycles. The lowest BCUT2D eigenvalue weighted by molar-refractivity contribution is -0.111. The smallest absolute Gasteiger partial charge is 0.221 e. The summed E-state index contributed by atoms with van der Waals surface area (Å²) in [4.78, 5) is 10.6. The SMILES string of the molecule is CCCCCCCCCCC/C=C/CCCCCCCCCC(=O)Cl. The molecule has 0 rings (SSSR count). The second kappa shape index (κ2) is 21.7. The lowest BCUT2D eigenvalue weighted by Gasteiger charge is -2.01. The van der Waals surface area contributed by atoms with E-state index in [0.717, 1.165) is 12.8 Å². The van der Waals surface area contributed by atoms with Gasteiger partial charge in [0.05, 0.1) is 0 Å². The zero-order chi connectivity index (χ0) is 18.4. The lowest BCUT2D eigenvalue weighted by atomic mass is 10.1. The molecule has 0 aromatic rings. The average Bonchev–Trinajstić information content (AvgIpc) is 2.60. The first kappa shape index (κ1) is 24.7. The van der Waals surface area contributed by atoms with E-state index in [1.54, 1.807) is 0 Å². The zero-order valence-corrected chi connectivity index (χ0v) is 17.6. The van der Waals surface area contributed by atoms with E-state index in [-0.39, 0.29) is 5.24 Å². The Kier molecular flexibility index (Phi) is 21.5. The van der Waals surface area contributed by atoms with Gasteiger partial charge in [-0.25, -0.2) is 0 Å². The normalized spacial score (nSPS) is 11.4. The van der Waals surface area contributed by atoms with Crippen molar-refractivity contribution in [1.82, 2.24) is 0 Å². The van der Waals surface area contributed by atoms with Crippen LogP contribution in [0.1, 0.15) is 129 Å². The van der Waals surface area contributed by atoms with Gasteiger partial charge in [0.15, 0.2) is 0 Å². The highest BCUT2D eigenvalue weighted by molar-refractivity contribution is 6.63. The van der Waals surface area contributed by atoms with E-state index in [9.17, 15) is 4.79 Å². The summed E-state index contributed by atoms with van der Waals surface area (Å²) in [6.45, 7) is 2.28. The molecule has 0 N–H and O–H groups in total. The fourth-order valence-electron chi connectivity index (χ4n) is 3.22. The second-order valence-electron chi connectivity index (χ2n) is 7.46. The predicted molar refractivity (Wildman–Crippen MR) is 113 cm³/mol. The van der Waals surface area contributed by atoms with Crippen molar-refractivity contribution in [2.75, 3.05) is 0 Å². The molecule has 0 heterocycles. The molecule has 0 bridgehead atoms. The third kappa shape index (κ3) is 23.7. The number of hydrogen-bond acceptors (Lipinski definition) is 1. The van der Waals surface area contributed by atoms with Crippen LogP contribution in [0.25, 0.3) is 0 Å². The monoisotopic (exact) mass is 370 g/mol. The zero-order valence-electron chi connectivity index (χ0n) is 16.9. The summed E-state index contributed by atoms with van der Waals surface area (Å²) in [6, 6.07) is 0. The van der Waals surface area contributed by atoms with Crippen LogP contribution in [0.5, 0.6) is 0 Å². The Morgan fingerprint density at radius 3 is 1.36 bits per heavy atom. The van der Waals surface area contributed by atoms with Crippen LogP contribution in [0.4, 0.5) is 0 Å². The molecule has 0 aliphatic rings. The van der Waals surface area contributed by atoms with Gasteiger partial charge in [0, 0.05) is 6.42 Å². The molecule has 25 heavy (non-hydrogen) atoms. The van der Waals surface area contributed by atoms with Crippen molar-refractivity contribution in [2.45, 2.75) is 129 Å². The molecule has 0 saturated carbocycles. The van der Waals surface area contributed by atoms with Gasteiger partial charge in [-0.1, -0.05) is 103 Å². The number of carbonyl (C=O) groups is 1. The van der Waals surface area contributed by atoms with E-state index in [4.69, 9.17) is 11.6 Å². The van der Waals surface area contributed by atoms with Gasteiger partial charge in [-0.2, -0.15) is 0 Å². The summed E-state index contributed by atoms with van der Waals surface area (Å²) in [5.74, 6) is 0. The van der Waals surface area contributed by atoms with E-state index in [1.807, 2.05) is 0 Å². The maximum Gasteiger partial charge on any atom is 0.221 e. The minimum Gasteiger partial charge on any atom is -0.281 e. The van der Waals surface area contributed by atoms with E-state index in [0.29, 0.717) is 6.42 Å². The number of hydrogen-bond donors (Lipinski definition) is 0. The molecule has 0 spiro atoms. The van der Waals surface area contributed by atoms with Gasteiger partial charge in [-0.05, 0) is 43.7 Å². The Hall–Kier alpha value is -0.300. The molecular weight excluding hydrogens is 328 g/mol. The third-order valence-electron chi connectivity index (χ3n) is 4.89. The van der Waals surface area contributed by atoms with Crippen LogP contribution < -0.4 is 0 Å². The largest absolute Gasteiger partial charge is 0.281 e. The minimum absolute atomic E-state index is 0.186. The molecule has 0 amide bonds. The van der Waals surface area contributed by atoms with Gasteiger partial charge in [0.25, 0.3) is 0 Å². The summed E-state index contributed by atoms with van der Waals surface area (Å²) in [6.07, 6.45) is 29.3. The summed E-state index contributed by atoms with van der Waals surface area (Å²) >= 11 is 5.32. The highest BCUT2D eigenvalue weighted by Gasteiger charge is 1.96. The summed E-state index contributed by atoms with van der Waals surface area (Å²) in [7, 11) is 0. The topological polar surface area (TPSA) is 17.1 Å². The van der Waals surface area contributed by atoms with Crippen molar-refractivity contribution >= 4 is 16.8 Å². The summed E-state index contributed by atoms with van der Waals surface area (Å²) in [5.41, 5.74) is 0. The van der Waals surface area contributed by atoms with Gasteiger partial charge in [-0.15, -0.1) is 0 Å². The molecule has 0 radical (unpaired) electrons. The fourth-order valence-corrected chi connectivity index (χ4v) is 3.35. The first-order chi connectivity index (χ1) is 12.3. The van der Waals surface area contributed by atoms with E-state index >= 15 is 0 Å². The fraction of sp³-hybridized carbons (Fsp3) is 0.870. The Labute approximate surface area is 163 Å². The molecule has 0 atom stereocenters. The van der Waals surface area contributed by atoms with Gasteiger partial charge in [0.1, 0.15) is 0 Å². The Bertz CT molecular complexity index is 298. The van der Waals surface area contributed by atoms with Crippen LogP contribution in [0.15, 0.2) is 12.2 Å². The molecule has 2 heteroatoms. The average molecular weight is 371 g/mol. The van der Waals surface area contributed by atoms with Crippen LogP contribution in [-0.2, 0) is 4.79 Å². The Morgan fingerprint density at radius 1 is 0.600 bits per heavy atom. The second-order valence-corrected chi connectivity index (χ2v) is 7.88. The van der Waals surface area contributed by atoms with Crippen LogP contribution >= 0.6 is 11.6 Å². The van der Waals surface area contributed by atoms with Crippen LogP contribution in [-0.4, -0.2) is 5.24 Å². The quantitative estimate of drug-likeness (QED) is 0.119. The molecule has 0 unspecified atom stereocenters. The summed E-state index contributed by atoms with van der Waals surface area (Å²) < 4.78 is 0. The lowest BCUT2D eigenvalue weighted by Crippen LogP contribution is -1.86. The first-order valence-electron chi connectivity index (χ1n) is 11.1. The molecule has 1 nitrogen and oxygen atoms in total. The Morgan fingerprint density at radius 2 is 0.960 bits per heavy atom. The molecule has 0 saturated heterocycles. The van der Waals surface area contributed by atoms with Crippen molar-refractivity contribution in [3.63, 3.8) is 0 Å². The van der Waals surface area contributed by atoms with E-state index in [2.05, 4.69) is 19.1 Å². The molecule has 148 valence electrons. The van der Waals surface area contributed by atoms with Crippen molar-refractivity contribution < 1.29 is 4.79 Å². The van der Waals surface area contributed by atoms with Crippen molar-refractivity contribution in [3.05, 3.63) is 12.2 Å². The number of unbranched alkanes of at least 4 members (excludes halogenated alkanes) is 16. The van der Waals surface area contributed by atoms with Crippen LogP contribution in [0.2, 0.25) is 0 Å². The third-order valence-corrected chi connectivity index (χ3v) is 5.07. The molecule has 0 aliphatic carbocycles. The van der Waals surface area contributed by atoms with Crippen LogP contribution in [0, 0.1) is 0 Å². The number of carbonyl (C=O) groups excluding carboxylic acids is 1. The van der Waals surface area contributed by atoms with E-state index < -0.39 is 0 Å². The molecule has 0 fully saturated rings. The standard InChI is InChI=1S/C23H43ClO/c1-2-3-4-5-6-7-8-9-10-11-12-13-14-15-16-17-18-19-20-21-22-23(24)25/h12-13H,2-11,14-22H2,1H3/b13-12+. The predicted octanol–water partition coefficient (Wildman–Crippen LogP) is 8.74. The highest BCUT2D eigenvalue weighted by atomic mass is 35.5. The molecular formula is C23H43ClO. The minimum atomic E-state index is -0.186. The first-order valence-corrected chi connectivity index (χ1v) is 11.5. The van der Waals surface area contributed by atoms with Crippen molar-refractivity contribution in [3.8, 4) is 0 Å². The van der Waals surface area contributed by atoms with Gasteiger partial charge in [0.2, 0.25) is 5.24 Å². The Balaban J connectivity index is 3.07. The molecule has 0 aliphatic heterocycles. The number of halogens is 1. The van der Waals surface area contributed by atoms with Gasteiger partial charge >= 0.3 is 0 Å². The maximum absolute atomic E-state index is 10.6. The van der Waals surface area contributed by atoms with Crippen molar-refractivity contribution in [1.29, 1.82) is 0 Å². The molecule has 0 aromatic carbocycles. The van der Waals surface area contributed by atoms with Crippen molar-refractivity contribution in [2.24, 2.45) is 0 Å². The highest BCUT2D eigenvalue weighted by Crippen LogP contribution is 2.12.